The Morgan fingerprint density at radius 2 is 1.65 bits per heavy atom. The van der Waals surface area contributed by atoms with Gasteiger partial charge in [0.2, 0.25) is 0 Å². The van der Waals surface area contributed by atoms with Crippen LogP contribution in [-0.4, -0.2) is 17.6 Å². The molecule has 0 saturated heterocycles. The van der Waals surface area contributed by atoms with Gasteiger partial charge in [-0.15, -0.1) is 0 Å². The van der Waals surface area contributed by atoms with Gasteiger partial charge in [-0.25, -0.2) is 0 Å². The normalized spacial score (nSPS) is 12.4. The van der Waals surface area contributed by atoms with E-state index in [1.54, 1.807) is 0 Å². The van der Waals surface area contributed by atoms with Gasteiger partial charge < -0.3 is 4.74 Å². The number of halogens is 4. The maximum atomic E-state index is 12.3. The number of Topliss-reactive ketones (excluding diaryl/α,β-unsaturated/α-hetero) is 1. The van der Waals surface area contributed by atoms with Crippen LogP contribution in [0.4, 0.5) is 13.2 Å². The number of benzene rings is 1. The quantitative estimate of drug-likeness (QED) is 0.835. The lowest BCUT2D eigenvalue weighted by Crippen LogP contribution is -2.46. The van der Waals surface area contributed by atoms with E-state index < -0.39 is 17.6 Å². The molecule has 0 fully saturated rings. The summed E-state index contributed by atoms with van der Waals surface area (Å²) < 4.78 is 41.8. The number of alkyl halides is 3. The van der Waals surface area contributed by atoms with Gasteiger partial charge in [-0.3, -0.25) is 4.79 Å². The molecule has 0 atom stereocenters. The first-order valence-corrected chi connectivity index (χ1v) is 5.07. The van der Waals surface area contributed by atoms with Crippen molar-refractivity contribution in [2.75, 3.05) is 0 Å². The summed E-state index contributed by atoms with van der Waals surface area (Å²) in [6, 6.07) is 5.72. The number of carbonyl (C=O) groups excluding carboxylic acids is 1. The minimum Gasteiger partial charge on any atom is -0.480 e. The molecule has 0 heterocycles. The van der Waals surface area contributed by atoms with Crippen LogP contribution >= 0.6 is 11.6 Å². The molecule has 0 aliphatic rings. The molecule has 0 radical (unpaired) electrons. The summed E-state index contributed by atoms with van der Waals surface area (Å²) in [6.07, 6.45) is -4.92. The lowest BCUT2D eigenvalue weighted by molar-refractivity contribution is -0.184. The highest BCUT2D eigenvalue weighted by Crippen LogP contribution is 2.28. The van der Waals surface area contributed by atoms with Crippen LogP contribution in [0.15, 0.2) is 24.3 Å². The maximum Gasteiger partial charge on any atom is 0.454 e. The van der Waals surface area contributed by atoms with Crippen molar-refractivity contribution in [3.8, 4) is 5.75 Å². The number of ketones is 1. The van der Waals surface area contributed by atoms with Crippen molar-refractivity contribution in [2.45, 2.75) is 25.6 Å². The minimum atomic E-state index is -4.92. The summed E-state index contributed by atoms with van der Waals surface area (Å²) in [7, 11) is 0. The van der Waals surface area contributed by atoms with Crippen molar-refractivity contribution in [1.29, 1.82) is 0 Å². The predicted molar refractivity (Wildman–Crippen MR) is 57.2 cm³/mol. The lowest BCUT2D eigenvalue weighted by atomic mass is 10.0. The standard InChI is InChI=1S/C11H10ClF3O2/c1-10(2,9(16)11(13,14)15)17-8-5-3-7(12)4-6-8/h3-6H,1-2H3. The minimum absolute atomic E-state index is 0.150. The van der Waals surface area contributed by atoms with E-state index in [1.165, 1.54) is 24.3 Å². The number of rotatable bonds is 3. The molecule has 0 aliphatic heterocycles. The summed E-state index contributed by atoms with van der Waals surface area (Å²) in [5, 5.41) is 0.428. The van der Waals surface area contributed by atoms with Gasteiger partial charge >= 0.3 is 6.18 Å². The molecule has 1 aromatic carbocycles. The van der Waals surface area contributed by atoms with Gasteiger partial charge in [0.1, 0.15) is 5.75 Å². The van der Waals surface area contributed by atoms with E-state index in [9.17, 15) is 18.0 Å². The Hall–Kier alpha value is -1.23. The Morgan fingerprint density at radius 3 is 2.06 bits per heavy atom. The van der Waals surface area contributed by atoms with Gasteiger partial charge in [0.05, 0.1) is 0 Å². The Labute approximate surface area is 101 Å². The van der Waals surface area contributed by atoms with E-state index in [-0.39, 0.29) is 5.75 Å². The second-order valence-electron chi connectivity index (χ2n) is 3.89. The highest BCUT2D eigenvalue weighted by atomic mass is 35.5. The SMILES string of the molecule is CC(C)(Oc1ccc(Cl)cc1)C(=O)C(F)(F)F. The van der Waals surface area contributed by atoms with Crippen molar-refractivity contribution in [3.63, 3.8) is 0 Å². The summed E-state index contributed by atoms with van der Waals surface area (Å²) in [5.41, 5.74) is -1.97. The van der Waals surface area contributed by atoms with Crippen molar-refractivity contribution < 1.29 is 22.7 Å². The molecule has 1 aromatic rings. The van der Waals surface area contributed by atoms with Crippen LogP contribution in [0.5, 0.6) is 5.75 Å². The van der Waals surface area contributed by atoms with Gasteiger partial charge in [-0.1, -0.05) is 11.6 Å². The Bertz CT molecular complexity index is 410. The molecule has 94 valence electrons. The third-order valence-corrected chi connectivity index (χ3v) is 2.24. The van der Waals surface area contributed by atoms with E-state index in [4.69, 9.17) is 16.3 Å². The molecular weight excluding hydrogens is 257 g/mol. The van der Waals surface area contributed by atoms with Crippen molar-refractivity contribution >= 4 is 17.4 Å². The average molecular weight is 267 g/mol. The molecule has 0 amide bonds. The topological polar surface area (TPSA) is 26.3 Å². The van der Waals surface area contributed by atoms with E-state index >= 15 is 0 Å². The predicted octanol–water partition coefficient (Wildman–Crippen LogP) is 3.63. The molecule has 2 nitrogen and oxygen atoms in total. The van der Waals surface area contributed by atoms with Gasteiger partial charge in [-0.2, -0.15) is 13.2 Å². The van der Waals surface area contributed by atoms with E-state index in [0.717, 1.165) is 13.8 Å². The first-order chi connectivity index (χ1) is 7.63. The highest BCUT2D eigenvalue weighted by Gasteiger charge is 2.49. The molecule has 0 aromatic heterocycles. The van der Waals surface area contributed by atoms with Crippen LogP contribution in [0.3, 0.4) is 0 Å². The lowest BCUT2D eigenvalue weighted by Gasteiger charge is -2.25. The van der Waals surface area contributed by atoms with Crippen molar-refractivity contribution in [2.24, 2.45) is 0 Å². The average Bonchev–Trinajstić information content (AvgIpc) is 2.19. The number of carbonyl (C=O) groups is 1. The summed E-state index contributed by atoms with van der Waals surface area (Å²) in [5.74, 6) is -1.78. The molecular formula is C11H10ClF3O2. The fourth-order valence-electron chi connectivity index (χ4n) is 1.18. The fourth-order valence-corrected chi connectivity index (χ4v) is 1.31. The van der Waals surface area contributed by atoms with E-state index in [1.807, 2.05) is 0 Å². The molecule has 17 heavy (non-hydrogen) atoms. The molecule has 0 unspecified atom stereocenters. The molecule has 0 aliphatic carbocycles. The molecule has 1 rings (SSSR count). The fraction of sp³-hybridized carbons (Fsp3) is 0.364. The molecule has 6 heteroatoms. The van der Waals surface area contributed by atoms with Crippen LogP contribution in [0.2, 0.25) is 5.02 Å². The highest BCUT2D eigenvalue weighted by molar-refractivity contribution is 6.30. The molecule has 0 bridgehead atoms. The maximum absolute atomic E-state index is 12.3. The number of hydrogen-bond acceptors (Lipinski definition) is 2. The summed E-state index contributed by atoms with van der Waals surface area (Å²) in [6.45, 7) is 2.13. The largest absolute Gasteiger partial charge is 0.480 e. The second kappa shape index (κ2) is 4.56. The second-order valence-corrected chi connectivity index (χ2v) is 4.33. The third-order valence-electron chi connectivity index (χ3n) is 1.99. The van der Waals surface area contributed by atoms with Gasteiger partial charge in [0.15, 0.2) is 5.60 Å². The molecule has 0 saturated carbocycles. The Morgan fingerprint density at radius 1 is 1.18 bits per heavy atom. The summed E-state index contributed by atoms with van der Waals surface area (Å²) in [4.78, 5) is 11.1. The van der Waals surface area contributed by atoms with Crippen LogP contribution in [-0.2, 0) is 4.79 Å². The zero-order valence-electron chi connectivity index (χ0n) is 9.14. The first-order valence-electron chi connectivity index (χ1n) is 4.69. The smallest absolute Gasteiger partial charge is 0.454 e. The summed E-state index contributed by atoms with van der Waals surface area (Å²) >= 11 is 5.62. The zero-order chi connectivity index (χ0) is 13.3. The van der Waals surface area contributed by atoms with Crippen molar-refractivity contribution in [1.82, 2.24) is 0 Å². The van der Waals surface area contributed by atoms with Crippen LogP contribution in [0, 0.1) is 0 Å². The Kier molecular flexibility index (Phi) is 3.71. The van der Waals surface area contributed by atoms with Crippen LogP contribution < -0.4 is 4.74 Å². The van der Waals surface area contributed by atoms with E-state index in [0.29, 0.717) is 5.02 Å². The van der Waals surface area contributed by atoms with E-state index in [2.05, 4.69) is 0 Å². The van der Waals surface area contributed by atoms with Gasteiger partial charge in [0.25, 0.3) is 5.78 Å². The Balaban J connectivity index is 2.86. The monoisotopic (exact) mass is 266 g/mol. The van der Waals surface area contributed by atoms with Crippen LogP contribution in [0.25, 0.3) is 0 Å². The molecule has 0 N–H and O–H groups in total. The first kappa shape index (κ1) is 13.8. The number of hydrogen-bond donors (Lipinski definition) is 0. The third kappa shape index (κ3) is 3.63. The van der Waals surface area contributed by atoms with Crippen LogP contribution in [0.1, 0.15) is 13.8 Å². The molecule has 0 spiro atoms. The van der Waals surface area contributed by atoms with Gasteiger partial charge in [-0.05, 0) is 38.1 Å². The van der Waals surface area contributed by atoms with Gasteiger partial charge in [0, 0.05) is 5.02 Å². The number of ether oxygens (including phenoxy) is 1. The van der Waals surface area contributed by atoms with Crippen molar-refractivity contribution in [3.05, 3.63) is 29.3 Å². The zero-order valence-corrected chi connectivity index (χ0v) is 9.89.